The first-order valence-corrected chi connectivity index (χ1v) is 11.7. The van der Waals surface area contributed by atoms with E-state index in [1.807, 2.05) is 47.0 Å². The molecule has 0 radical (unpaired) electrons. The van der Waals surface area contributed by atoms with Gasteiger partial charge in [0.15, 0.2) is 0 Å². The maximum absolute atomic E-state index is 10.1. The lowest BCUT2D eigenvalue weighted by molar-refractivity contribution is 0.0924. The van der Waals surface area contributed by atoms with E-state index in [4.69, 9.17) is 21.1 Å². The Morgan fingerprint density at radius 3 is 2.34 bits per heavy atom. The zero-order chi connectivity index (χ0) is 23.1. The number of ether oxygens (including phenoxy) is 2. The van der Waals surface area contributed by atoms with Gasteiger partial charge in [-0.1, -0.05) is 32.0 Å². The molecule has 0 amide bonds. The molecule has 1 heterocycles. The summed E-state index contributed by atoms with van der Waals surface area (Å²) >= 11 is 9.18. The van der Waals surface area contributed by atoms with Crippen LogP contribution in [-0.2, 0) is 12.0 Å². The number of hydrogen-bond donors (Lipinski definition) is 2. The van der Waals surface area contributed by atoms with Crippen molar-refractivity contribution < 1.29 is 19.7 Å². The Balaban J connectivity index is 1.62. The van der Waals surface area contributed by atoms with Crippen LogP contribution in [-0.4, -0.2) is 51.1 Å². The molecule has 1 aromatic heterocycles. The average Bonchev–Trinajstić information content (AvgIpc) is 3.29. The van der Waals surface area contributed by atoms with Gasteiger partial charge in [-0.05, 0) is 51.3 Å². The number of aliphatic hydroxyl groups excluding tert-OH is 2. The number of halogens is 2. The molecule has 0 saturated heterocycles. The van der Waals surface area contributed by atoms with Crippen LogP contribution >= 0.6 is 27.5 Å². The van der Waals surface area contributed by atoms with E-state index in [-0.39, 0.29) is 24.5 Å². The molecular formula is C24H28BrClN2O4. The second kappa shape index (κ2) is 11.2. The van der Waals surface area contributed by atoms with Crippen LogP contribution in [0.4, 0.5) is 0 Å². The van der Waals surface area contributed by atoms with Crippen LogP contribution in [0.25, 0.3) is 0 Å². The molecule has 0 spiro atoms. The molecule has 2 unspecified atom stereocenters. The van der Waals surface area contributed by atoms with Gasteiger partial charge in [-0.2, -0.15) is 0 Å². The standard InChI is InChI=1S/C24H28BrClN2O4/c1-24(2,18-5-8-23(22(25)11-18)32-14-19(29)12-26)17-3-6-21(7-4-17)31-15-20(30)13-28-10-9-27-16-28/h3-11,16,19-20,29-30H,12-15H2,1-2H3. The minimum atomic E-state index is -0.701. The maximum atomic E-state index is 10.1. The fourth-order valence-electron chi connectivity index (χ4n) is 3.25. The molecule has 0 saturated carbocycles. The first-order valence-electron chi connectivity index (χ1n) is 10.3. The van der Waals surface area contributed by atoms with E-state index in [2.05, 4.69) is 34.8 Å². The Morgan fingerprint density at radius 1 is 1.03 bits per heavy atom. The number of aromatic nitrogens is 2. The zero-order valence-electron chi connectivity index (χ0n) is 18.1. The van der Waals surface area contributed by atoms with Gasteiger partial charge in [0, 0.05) is 17.8 Å². The highest BCUT2D eigenvalue weighted by Gasteiger charge is 2.24. The molecule has 2 atom stereocenters. The number of aliphatic hydroxyl groups is 2. The lowest BCUT2D eigenvalue weighted by Crippen LogP contribution is -2.23. The van der Waals surface area contributed by atoms with Gasteiger partial charge in [-0.25, -0.2) is 4.98 Å². The number of rotatable bonds is 11. The van der Waals surface area contributed by atoms with Crippen molar-refractivity contribution in [3.63, 3.8) is 0 Å². The Labute approximate surface area is 201 Å². The van der Waals surface area contributed by atoms with Crippen molar-refractivity contribution >= 4 is 27.5 Å². The lowest BCUT2D eigenvalue weighted by atomic mass is 9.78. The number of imidazole rings is 1. The smallest absolute Gasteiger partial charge is 0.133 e. The van der Waals surface area contributed by atoms with Crippen LogP contribution in [0, 0.1) is 0 Å². The minimum absolute atomic E-state index is 0.131. The molecule has 0 aliphatic heterocycles. The van der Waals surface area contributed by atoms with Crippen molar-refractivity contribution in [1.29, 1.82) is 0 Å². The van der Waals surface area contributed by atoms with E-state index in [1.165, 1.54) is 0 Å². The van der Waals surface area contributed by atoms with E-state index in [1.54, 1.807) is 18.7 Å². The number of benzene rings is 2. The molecule has 2 N–H and O–H groups in total. The number of hydrogen-bond acceptors (Lipinski definition) is 5. The van der Waals surface area contributed by atoms with E-state index in [0.717, 1.165) is 15.6 Å². The van der Waals surface area contributed by atoms with Crippen molar-refractivity contribution in [1.82, 2.24) is 9.55 Å². The molecule has 3 rings (SSSR count). The lowest BCUT2D eigenvalue weighted by Gasteiger charge is -2.27. The van der Waals surface area contributed by atoms with Crippen LogP contribution < -0.4 is 9.47 Å². The molecule has 172 valence electrons. The third-order valence-corrected chi connectivity index (χ3v) is 6.24. The largest absolute Gasteiger partial charge is 0.491 e. The normalized spacial score (nSPS) is 13.6. The van der Waals surface area contributed by atoms with Gasteiger partial charge in [-0.3, -0.25) is 0 Å². The monoisotopic (exact) mass is 522 g/mol. The molecule has 32 heavy (non-hydrogen) atoms. The molecule has 0 aliphatic carbocycles. The Hall–Kier alpha value is -2.06. The summed E-state index contributed by atoms with van der Waals surface area (Å²) in [6, 6.07) is 13.8. The summed E-state index contributed by atoms with van der Waals surface area (Å²) in [5.74, 6) is 1.50. The third-order valence-electron chi connectivity index (χ3n) is 5.26. The van der Waals surface area contributed by atoms with Gasteiger partial charge < -0.3 is 24.3 Å². The highest BCUT2D eigenvalue weighted by atomic mass is 79.9. The van der Waals surface area contributed by atoms with Crippen molar-refractivity contribution in [2.45, 2.75) is 38.0 Å². The summed E-state index contributed by atoms with van der Waals surface area (Å²) in [6.45, 7) is 5.08. The second-order valence-electron chi connectivity index (χ2n) is 8.14. The van der Waals surface area contributed by atoms with Gasteiger partial charge in [0.2, 0.25) is 0 Å². The van der Waals surface area contributed by atoms with Gasteiger partial charge in [0.05, 0.1) is 23.2 Å². The van der Waals surface area contributed by atoms with Crippen LogP contribution in [0.3, 0.4) is 0 Å². The number of nitrogens with zero attached hydrogens (tertiary/aromatic N) is 2. The molecule has 0 bridgehead atoms. The van der Waals surface area contributed by atoms with Crippen LogP contribution in [0.2, 0.25) is 0 Å². The summed E-state index contributed by atoms with van der Waals surface area (Å²) in [7, 11) is 0. The maximum Gasteiger partial charge on any atom is 0.133 e. The van der Waals surface area contributed by atoms with Gasteiger partial charge >= 0.3 is 0 Å². The summed E-state index contributed by atoms with van der Waals surface area (Å²) in [4.78, 5) is 3.97. The second-order valence-corrected chi connectivity index (χ2v) is 9.30. The summed E-state index contributed by atoms with van der Waals surface area (Å²) in [6.07, 6.45) is 3.83. The predicted octanol–water partition coefficient (Wildman–Crippen LogP) is 4.39. The van der Waals surface area contributed by atoms with Crippen molar-refractivity contribution in [2.24, 2.45) is 0 Å². The topological polar surface area (TPSA) is 76.7 Å². The Kier molecular flexibility index (Phi) is 8.59. The minimum Gasteiger partial charge on any atom is -0.491 e. The SMILES string of the molecule is CC(C)(c1ccc(OCC(O)Cn2ccnc2)cc1)c1ccc(OCC(O)CCl)c(Br)c1. The van der Waals surface area contributed by atoms with Crippen LogP contribution in [0.5, 0.6) is 11.5 Å². The van der Waals surface area contributed by atoms with Crippen LogP contribution in [0.15, 0.2) is 65.7 Å². The molecule has 2 aromatic carbocycles. The van der Waals surface area contributed by atoms with Crippen molar-refractivity contribution in [3.8, 4) is 11.5 Å². The highest BCUT2D eigenvalue weighted by molar-refractivity contribution is 9.10. The van der Waals surface area contributed by atoms with Gasteiger partial charge in [0.1, 0.15) is 36.9 Å². The fraction of sp³-hybridized carbons (Fsp3) is 0.375. The van der Waals surface area contributed by atoms with E-state index < -0.39 is 12.2 Å². The predicted molar refractivity (Wildman–Crippen MR) is 129 cm³/mol. The zero-order valence-corrected chi connectivity index (χ0v) is 20.5. The molecule has 3 aromatic rings. The van der Waals surface area contributed by atoms with Gasteiger partial charge in [-0.15, -0.1) is 11.6 Å². The Bertz CT molecular complexity index is 980. The molecular weight excluding hydrogens is 496 g/mol. The van der Waals surface area contributed by atoms with E-state index in [0.29, 0.717) is 18.0 Å². The molecule has 6 nitrogen and oxygen atoms in total. The Morgan fingerprint density at radius 2 is 1.72 bits per heavy atom. The number of alkyl halides is 1. The highest BCUT2D eigenvalue weighted by Crippen LogP contribution is 2.36. The summed E-state index contributed by atoms with van der Waals surface area (Å²) < 4.78 is 14.0. The first-order chi connectivity index (χ1) is 15.3. The fourth-order valence-corrected chi connectivity index (χ4v) is 3.84. The average molecular weight is 524 g/mol. The quantitative estimate of drug-likeness (QED) is 0.365. The first kappa shape index (κ1) is 24.6. The van der Waals surface area contributed by atoms with E-state index in [9.17, 15) is 10.2 Å². The van der Waals surface area contributed by atoms with Crippen LogP contribution in [0.1, 0.15) is 25.0 Å². The van der Waals surface area contributed by atoms with E-state index >= 15 is 0 Å². The summed E-state index contributed by atoms with van der Waals surface area (Å²) in [5.41, 5.74) is 1.98. The van der Waals surface area contributed by atoms with Crippen molar-refractivity contribution in [3.05, 3.63) is 76.8 Å². The third kappa shape index (κ3) is 6.48. The molecule has 0 aliphatic rings. The molecule has 0 fully saturated rings. The molecule has 8 heteroatoms. The van der Waals surface area contributed by atoms with Gasteiger partial charge in [0.25, 0.3) is 0 Å². The summed E-state index contributed by atoms with van der Waals surface area (Å²) in [5, 5.41) is 19.7. The van der Waals surface area contributed by atoms with Crippen molar-refractivity contribution in [2.75, 3.05) is 19.1 Å².